The van der Waals surface area contributed by atoms with Gasteiger partial charge < -0.3 is 15.7 Å². The summed E-state index contributed by atoms with van der Waals surface area (Å²) in [7, 11) is 0. The van der Waals surface area contributed by atoms with Crippen molar-refractivity contribution in [2.45, 2.75) is 44.6 Å². The molecule has 1 heterocycles. The van der Waals surface area contributed by atoms with E-state index in [1.54, 1.807) is 0 Å². The Hall–Kier alpha value is -1.63. The van der Waals surface area contributed by atoms with E-state index >= 15 is 0 Å². The summed E-state index contributed by atoms with van der Waals surface area (Å²) in [6, 6.07) is 0.422. The molecule has 1 aromatic rings. The predicted octanol–water partition coefficient (Wildman–Crippen LogP) is 1.63. The average molecular weight is 297 g/mol. The number of anilines is 1. The molecule has 0 unspecified atom stereocenters. The lowest BCUT2D eigenvalue weighted by atomic mass is 10.2. The molecular weight excluding hydrogens is 278 g/mol. The van der Waals surface area contributed by atoms with Gasteiger partial charge in [0, 0.05) is 30.8 Å². The first-order chi connectivity index (χ1) is 9.63. The van der Waals surface area contributed by atoms with Crippen molar-refractivity contribution in [1.82, 2.24) is 10.3 Å². The van der Waals surface area contributed by atoms with Crippen LogP contribution in [0.25, 0.3) is 0 Å². The number of hydrogen-bond acceptors (Lipinski definition) is 5. The molecule has 3 N–H and O–H groups in total. The minimum absolute atomic E-state index is 0.102. The third-order valence-corrected chi connectivity index (χ3v) is 3.79. The molecule has 1 fully saturated rings. The number of hydrogen-bond donors (Lipinski definition) is 3. The number of rotatable bonds is 9. The molecule has 0 saturated heterocycles. The van der Waals surface area contributed by atoms with E-state index in [1.807, 2.05) is 5.38 Å². The lowest BCUT2D eigenvalue weighted by Crippen LogP contribution is -2.25. The van der Waals surface area contributed by atoms with Gasteiger partial charge in [-0.1, -0.05) is 0 Å². The number of thiazole rings is 1. The van der Waals surface area contributed by atoms with Crippen LogP contribution in [0.4, 0.5) is 5.13 Å². The quantitative estimate of drug-likeness (QED) is 0.603. The molecule has 1 aliphatic rings. The van der Waals surface area contributed by atoms with Gasteiger partial charge in [-0.15, -0.1) is 11.3 Å². The molecule has 110 valence electrons. The van der Waals surface area contributed by atoms with Gasteiger partial charge in [-0.05, 0) is 19.3 Å². The van der Waals surface area contributed by atoms with E-state index in [0.29, 0.717) is 25.4 Å². The van der Waals surface area contributed by atoms with Gasteiger partial charge in [0.1, 0.15) is 0 Å². The number of amides is 1. The van der Waals surface area contributed by atoms with Crippen molar-refractivity contribution < 1.29 is 14.7 Å². The average Bonchev–Trinajstić information content (AvgIpc) is 3.09. The van der Waals surface area contributed by atoms with Gasteiger partial charge in [-0.3, -0.25) is 9.59 Å². The Labute approximate surface area is 121 Å². The third kappa shape index (κ3) is 5.56. The monoisotopic (exact) mass is 297 g/mol. The summed E-state index contributed by atoms with van der Waals surface area (Å²) in [5, 5.41) is 17.4. The van der Waals surface area contributed by atoms with E-state index in [1.165, 1.54) is 11.3 Å². The number of aromatic nitrogens is 1. The smallest absolute Gasteiger partial charge is 0.303 e. The molecule has 1 aliphatic carbocycles. The Kier molecular flexibility index (Phi) is 5.34. The van der Waals surface area contributed by atoms with Crippen LogP contribution in [-0.2, 0) is 16.0 Å². The summed E-state index contributed by atoms with van der Waals surface area (Å²) in [6.45, 7) is 0.698. The van der Waals surface area contributed by atoms with Crippen LogP contribution in [0.1, 0.15) is 37.8 Å². The Balaban J connectivity index is 1.58. The van der Waals surface area contributed by atoms with Gasteiger partial charge >= 0.3 is 5.97 Å². The van der Waals surface area contributed by atoms with Crippen molar-refractivity contribution in [2.75, 3.05) is 11.9 Å². The van der Waals surface area contributed by atoms with E-state index in [0.717, 1.165) is 30.1 Å². The molecule has 0 aromatic carbocycles. The third-order valence-electron chi connectivity index (χ3n) is 2.95. The first-order valence-electron chi connectivity index (χ1n) is 6.83. The van der Waals surface area contributed by atoms with E-state index in [-0.39, 0.29) is 12.3 Å². The maximum atomic E-state index is 11.5. The molecule has 20 heavy (non-hydrogen) atoms. The fourth-order valence-corrected chi connectivity index (χ4v) is 2.48. The van der Waals surface area contributed by atoms with Crippen LogP contribution in [0.15, 0.2) is 5.38 Å². The van der Waals surface area contributed by atoms with Gasteiger partial charge in [0.2, 0.25) is 5.91 Å². The second-order valence-corrected chi connectivity index (χ2v) is 5.77. The first kappa shape index (κ1) is 14.8. The second kappa shape index (κ2) is 7.23. The van der Waals surface area contributed by atoms with Crippen LogP contribution in [0.5, 0.6) is 0 Å². The lowest BCUT2D eigenvalue weighted by molar-refractivity contribution is -0.137. The van der Waals surface area contributed by atoms with Gasteiger partial charge in [0.15, 0.2) is 5.13 Å². The number of nitrogens with zero attached hydrogens (tertiary/aromatic N) is 1. The van der Waals surface area contributed by atoms with Crippen molar-refractivity contribution in [2.24, 2.45) is 0 Å². The zero-order valence-corrected chi connectivity index (χ0v) is 12.0. The van der Waals surface area contributed by atoms with Gasteiger partial charge in [-0.25, -0.2) is 4.98 Å². The molecule has 2 rings (SSSR count). The fraction of sp³-hybridized carbons (Fsp3) is 0.615. The molecule has 1 amide bonds. The van der Waals surface area contributed by atoms with Crippen LogP contribution in [0.3, 0.4) is 0 Å². The number of carboxylic acids is 1. The predicted molar refractivity (Wildman–Crippen MR) is 77.0 cm³/mol. The van der Waals surface area contributed by atoms with Crippen LogP contribution >= 0.6 is 11.3 Å². The summed E-state index contributed by atoms with van der Waals surface area (Å²) < 4.78 is 0. The zero-order chi connectivity index (χ0) is 14.4. The number of aryl methyl sites for hydroxylation is 1. The molecule has 7 heteroatoms. The Bertz CT molecular complexity index is 471. The summed E-state index contributed by atoms with van der Waals surface area (Å²) in [5.74, 6) is -0.690. The molecule has 0 atom stereocenters. The molecule has 0 aliphatic heterocycles. The first-order valence-corrected chi connectivity index (χ1v) is 7.71. The van der Waals surface area contributed by atoms with Crippen molar-refractivity contribution in [3.8, 4) is 0 Å². The van der Waals surface area contributed by atoms with Crippen LogP contribution < -0.4 is 10.6 Å². The molecule has 0 bridgehead atoms. The largest absolute Gasteiger partial charge is 0.481 e. The van der Waals surface area contributed by atoms with E-state index < -0.39 is 5.97 Å². The highest BCUT2D eigenvalue weighted by Crippen LogP contribution is 2.19. The highest BCUT2D eigenvalue weighted by Gasteiger charge is 2.22. The minimum Gasteiger partial charge on any atom is -0.481 e. The van der Waals surface area contributed by atoms with Crippen molar-refractivity contribution >= 4 is 28.3 Å². The fourth-order valence-electron chi connectivity index (χ4n) is 1.71. The summed E-state index contributed by atoms with van der Waals surface area (Å²) in [5.41, 5.74) is 0.798. The number of aliphatic carboxylic acids is 1. The maximum Gasteiger partial charge on any atom is 0.303 e. The lowest BCUT2D eigenvalue weighted by Gasteiger charge is -2.04. The van der Waals surface area contributed by atoms with Crippen molar-refractivity contribution in [1.29, 1.82) is 0 Å². The van der Waals surface area contributed by atoms with Gasteiger partial charge in [0.05, 0.1) is 12.1 Å². The summed E-state index contributed by atoms with van der Waals surface area (Å²) >= 11 is 1.46. The normalized spacial score (nSPS) is 14.0. The second-order valence-electron chi connectivity index (χ2n) is 4.91. The zero-order valence-electron chi connectivity index (χ0n) is 11.2. The maximum absolute atomic E-state index is 11.5. The Morgan fingerprint density at radius 2 is 2.20 bits per heavy atom. The van der Waals surface area contributed by atoms with E-state index in [4.69, 9.17) is 5.11 Å². The van der Waals surface area contributed by atoms with Crippen LogP contribution in [0.2, 0.25) is 0 Å². The highest BCUT2D eigenvalue weighted by atomic mass is 32.1. The summed E-state index contributed by atoms with van der Waals surface area (Å²) in [4.78, 5) is 26.2. The Morgan fingerprint density at radius 3 is 2.90 bits per heavy atom. The minimum atomic E-state index is -0.811. The SMILES string of the molecule is O=C(O)CCc1csc(NCCCC(=O)NC2CC2)n1. The molecular formula is C13H19N3O3S. The highest BCUT2D eigenvalue weighted by molar-refractivity contribution is 7.13. The van der Waals surface area contributed by atoms with Crippen LogP contribution in [0, 0.1) is 0 Å². The number of carboxylic acid groups (broad SMARTS) is 1. The topological polar surface area (TPSA) is 91.3 Å². The summed E-state index contributed by atoms with van der Waals surface area (Å²) in [6.07, 6.45) is 4.08. The number of carbonyl (C=O) groups excluding carboxylic acids is 1. The van der Waals surface area contributed by atoms with Crippen molar-refractivity contribution in [3.63, 3.8) is 0 Å². The number of nitrogens with one attached hydrogen (secondary N) is 2. The standard InChI is InChI=1S/C13H19N3O3S/c17-11(15-9-3-4-9)2-1-7-14-13-16-10(8-20-13)5-6-12(18)19/h8-9H,1-7H2,(H,14,16)(H,15,17)(H,18,19). The van der Waals surface area contributed by atoms with E-state index in [9.17, 15) is 9.59 Å². The van der Waals surface area contributed by atoms with Gasteiger partial charge in [-0.2, -0.15) is 0 Å². The van der Waals surface area contributed by atoms with Gasteiger partial charge in [0.25, 0.3) is 0 Å². The molecule has 6 nitrogen and oxygen atoms in total. The molecule has 0 spiro atoms. The van der Waals surface area contributed by atoms with Crippen molar-refractivity contribution in [3.05, 3.63) is 11.1 Å². The number of carbonyl (C=O) groups is 2. The molecule has 1 saturated carbocycles. The molecule has 0 radical (unpaired) electrons. The van der Waals surface area contributed by atoms with E-state index in [2.05, 4.69) is 15.6 Å². The molecule has 1 aromatic heterocycles. The van der Waals surface area contributed by atoms with Crippen LogP contribution in [-0.4, -0.2) is 34.6 Å². The Morgan fingerprint density at radius 1 is 1.40 bits per heavy atom.